The molecule has 2 aromatic heterocycles. The van der Waals surface area contributed by atoms with Crippen molar-refractivity contribution in [2.24, 2.45) is 0 Å². The van der Waals surface area contributed by atoms with Crippen molar-refractivity contribution in [2.45, 2.75) is 32.5 Å². The second kappa shape index (κ2) is 9.75. The molecule has 0 atom stereocenters. The van der Waals surface area contributed by atoms with E-state index in [1.165, 1.54) is 4.57 Å². The van der Waals surface area contributed by atoms with E-state index in [9.17, 15) is 9.59 Å². The van der Waals surface area contributed by atoms with Crippen molar-refractivity contribution in [1.29, 1.82) is 0 Å². The molecule has 6 heteroatoms. The molecule has 34 heavy (non-hydrogen) atoms. The third-order valence-electron chi connectivity index (χ3n) is 6.11. The highest BCUT2D eigenvalue weighted by Crippen LogP contribution is 2.12. The summed E-state index contributed by atoms with van der Waals surface area (Å²) in [6.45, 7) is 1.29. The Morgan fingerprint density at radius 2 is 1.12 bits per heavy atom. The molecular weight excluding hydrogens is 424 g/mol. The maximum Gasteiger partial charge on any atom is 0.332 e. The van der Waals surface area contributed by atoms with E-state index in [1.54, 1.807) is 10.9 Å². The van der Waals surface area contributed by atoms with E-state index >= 15 is 0 Å². The minimum atomic E-state index is -0.311. The van der Waals surface area contributed by atoms with Gasteiger partial charge in [0, 0.05) is 19.6 Å². The van der Waals surface area contributed by atoms with Crippen LogP contribution >= 0.6 is 0 Å². The van der Waals surface area contributed by atoms with Gasteiger partial charge in [-0.25, -0.2) is 9.78 Å². The summed E-state index contributed by atoms with van der Waals surface area (Å²) in [6, 6.07) is 29.9. The van der Waals surface area contributed by atoms with Crippen LogP contribution in [-0.2, 0) is 32.5 Å². The number of fused-ring (bicyclic) bond motifs is 1. The van der Waals surface area contributed by atoms with Crippen LogP contribution in [0.15, 0.2) is 107 Å². The van der Waals surface area contributed by atoms with Crippen LogP contribution in [0, 0.1) is 0 Å². The zero-order valence-corrected chi connectivity index (χ0v) is 18.9. The van der Waals surface area contributed by atoms with Crippen LogP contribution in [0.25, 0.3) is 11.2 Å². The maximum atomic E-state index is 13.6. The van der Waals surface area contributed by atoms with Crippen LogP contribution in [-0.4, -0.2) is 18.7 Å². The van der Waals surface area contributed by atoms with Gasteiger partial charge in [-0.05, 0) is 29.5 Å². The van der Waals surface area contributed by atoms with Gasteiger partial charge in [-0.2, -0.15) is 0 Å². The molecule has 0 N–H and O–H groups in total. The number of rotatable bonds is 8. The Kier molecular flexibility index (Phi) is 6.21. The Labute approximate surface area is 197 Å². The number of aromatic nitrogens is 4. The lowest BCUT2D eigenvalue weighted by Crippen LogP contribution is -2.41. The first-order valence-corrected chi connectivity index (χ1v) is 11.5. The molecule has 0 aliphatic rings. The van der Waals surface area contributed by atoms with Crippen molar-refractivity contribution in [1.82, 2.24) is 18.7 Å². The summed E-state index contributed by atoms with van der Waals surface area (Å²) in [6.07, 6.45) is 2.95. The van der Waals surface area contributed by atoms with Crippen molar-refractivity contribution in [3.05, 3.63) is 135 Å². The van der Waals surface area contributed by atoms with Crippen LogP contribution in [0.5, 0.6) is 0 Å². The van der Waals surface area contributed by atoms with E-state index in [-0.39, 0.29) is 11.2 Å². The molecule has 0 radical (unpaired) electrons. The van der Waals surface area contributed by atoms with E-state index in [0.29, 0.717) is 43.6 Å². The van der Waals surface area contributed by atoms with Crippen molar-refractivity contribution in [3.63, 3.8) is 0 Å². The number of hydrogen-bond donors (Lipinski definition) is 0. The van der Waals surface area contributed by atoms with Crippen LogP contribution in [0.2, 0.25) is 0 Å². The fourth-order valence-electron chi connectivity index (χ4n) is 4.31. The Hall–Kier alpha value is -4.19. The molecule has 5 aromatic rings. The smallest absolute Gasteiger partial charge is 0.320 e. The lowest BCUT2D eigenvalue weighted by molar-refractivity contribution is 0.564. The minimum Gasteiger partial charge on any atom is -0.320 e. The number of hydrogen-bond acceptors (Lipinski definition) is 3. The monoisotopic (exact) mass is 450 g/mol. The van der Waals surface area contributed by atoms with E-state index in [0.717, 1.165) is 16.7 Å². The summed E-state index contributed by atoms with van der Waals surface area (Å²) in [5, 5.41) is 0. The molecule has 0 bridgehead atoms. The zero-order chi connectivity index (χ0) is 23.3. The van der Waals surface area contributed by atoms with Gasteiger partial charge in [-0.1, -0.05) is 91.0 Å². The van der Waals surface area contributed by atoms with Crippen molar-refractivity contribution >= 4 is 11.2 Å². The van der Waals surface area contributed by atoms with Gasteiger partial charge < -0.3 is 4.57 Å². The first kappa shape index (κ1) is 21.6. The van der Waals surface area contributed by atoms with Crippen molar-refractivity contribution < 1.29 is 0 Å². The number of nitrogens with zero attached hydrogens (tertiary/aromatic N) is 4. The largest absolute Gasteiger partial charge is 0.332 e. The molecule has 170 valence electrons. The molecule has 3 aromatic carbocycles. The lowest BCUT2D eigenvalue weighted by Gasteiger charge is -2.13. The Balaban J connectivity index is 1.58. The van der Waals surface area contributed by atoms with Crippen LogP contribution < -0.4 is 11.2 Å². The predicted octanol–water partition coefficient (Wildman–Crippen LogP) is 3.89. The van der Waals surface area contributed by atoms with Crippen molar-refractivity contribution in [3.8, 4) is 0 Å². The highest BCUT2D eigenvalue weighted by molar-refractivity contribution is 5.70. The number of benzene rings is 3. The fourth-order valence-corrected chi connectivity index (χ4v) is 4.31. The standard InChI is InChI=1S/C28H26N4O2/c33-27-25-26(29-21-30(25)20-24-14-8-3-9-15-24)31(18-16-22-10-4-1-5-11-22)28(34)32(27)19-17-23-12-6-2-7-13-23/h1-15,21H,16-20H2. The summed E-state index contributed by atoms with van der Waals surface area (Å²) in [4.78, 5) is 31.6. The molecular formula is C28H26N4O2. The molecule has 0 aliphatic carbocycles. The average molecular weight is 451 g/mol. The first-order valence-electron chi connectivity index (χ1n) is 11.5. The van der Waals surface area contributed by atoms with Crippen molar-refractivity contribution in [2.75, 3.05) is 0 Å². The second-order valence-electron chi connectivity index (χ2n) is 8.39. The van der Waals surface area contributed by atoms with E-state index in [1.807, 2.05) is 95.6 Å². The SMILES string of the molecule is O=c1c2c(ncn2Cc2ccccc2)n(CCc2ccccc2)c(=O)n1CCc1ccccc1. The van der Waals surface area contributed by atoms with Gasteiger partial charge in [-0.15, -0.1) is 0 Å². The molecule has 0 fully saturated rings. The first-order chi connectivity index (χ1) is 16.7. The Bertz CT molecular complexity index is 1500. The van der Waals surface area contributed by atoms with Gasteiger partial charge in [0.2, 0.25) is 0 Å². The summed E-state index contributed by atoms with van der Waals surface area (Å²) >= 11 is 0. The lowest BCUT2D eigenvalue weighted by atomic mass is 10.1. The van der Waals surface area contributed by atoms with Gasteiger partial charge in [0.15, 0.2) is 11.2 Å². The van der Waals surface area contributed by atoms with Crippen LogP contribution in [0.4, 0.5) is 0 Å². The summed E-state index contributed by atoms with van der Waals surface area (Å²) in [5.74, 6) is 0. The van der Waals surface area contributed by atoms with Gasteiger partial charge in [0.25, 0.3) is 5.56 Å². The summed E-state index contributed by atoms with van der Waals surface area (Å²) < 4.78 is 4.87. The average Bonchev–Trinajstić information content (AvgIpc) is 3.29. The normalized spacial score (nSPS) is 11.2. The minimum absolute atomic E-state index is 0.291. The summed E-state index contributed by atoms with van der Waals surface area (Å²) in [5.41, 5.74) is 3.59. The second-order valence-corrected chi connectivity index (χ2v) is 8.39. The highest BCUT2D eigenvalue weighted by atomic mass is 16.2. The molecule has 6 nitrogen and oxygen atoms in total. The summed E-state index contributed by atoms with van der Waals surface area (Å²) in [7, 11) is 0. The van der Waals surface area contributed by atoms with Gasteiger partial charge in [0.05, 0.1) is 6.33 Å². The predicted molar refractivity (Wildman–Crippen MR) is 134 cm³/mol. The maximum absolute atomic E-state index is 13.6. The molecule has 0 amide bonds. The number of aryl methyl sites for hydroxylation is 3. The molecule has 0 unspecified atom stereocenters. The quantitative estimate of drug-likeness (QED) is 0.360. The molecule has 5 rings (SSSR count). The zero-order valence-electron chi connectivity index (χ0n) is 18.9. The van der Waals surface area contributed by atoms with Gasteiger partial charge in [-0.3, -0.25) is 13.9 Å². The third-order valence-corrected chi connectivity index (χ3v) is 6.11. The highest BCUT2D eigenvalue weighted by Gasteiger charge is 2.18. The van der Waals surface area contributed by atoms with Gasteiger partial charge >= 0.3 is 5.69 Å². The molecule has 0 aliphatic heterocycles. The topological polar surface area (TPSA) is 61.8 Å². The molecule has 0 spiro atoms. The Morgan fingerprint density at radius 3 is 1.68 bits per heavy atom. The third kappa shape index (κ3) is 4.48. The van der Waals surface area contributed by atoms with Gasteiger partial charge in [0.1, 0.15) is 0 Å². The molecule has 0 saturated heterocycles. The van der Waals surface area contributed by atoms with E-state index in [2.05, 4.69) is 4.98 Å². The molecule has 0 saturated carbocycles. The van der Waals surface area contributed by atoms with Crippen LogP contribution in [0.3, 0.4) is 0 Å². The fraction of sp³-hybridized carbons (Fsp3) is 0.179. The van der Waals surface area contributed by atoms with E-state index in [4.69, 9.17) is 0 Å². The Morgan fingerprint density at radius 1 is 0.618 bits per heavy atom. The van der Waals surface area contributed by atoms with E-state index < -0.39 is 0 Å². The number of imidazole rings is 1. The molecule has 2 heterocycles. The van der Waals surface area contributed by atoms with Crippen LogP contribution in [0.1, 0.15) is 16.7 Å².